The predicted molar refractivity (Wildman–Crippen MR) is 134 cm³/mol. The van der Waals surface area contributed by atoms with Crippen molar-refractivity contribution in [3.8, 4) is 11.5 Å². The fraction of sp³-hybridized carbons (Fsp3) is 0.536. The van der Waals surface area contributed by atoms with Crippen molar-refractivity contribution in [1.29, 1.82) is 0 Å². The molecule has 0 aromatic heterocycles. The number of ether oxygens (including phenoxy) is 5. The van der Waals surface area contributed by atoms with E-state index in [-0.39, 0.29) is 25.7 Å². The van der Waals surface area contributed by atoms with Crippen molar-refractivity contribution in [2.24, 2.45) is 0 Å². The van der Waals surface area contributed by atoms with Crippen LogP contribution >= 0.6 is 0 Å². The SMILES string of the molecule is CN(C1CCN(C(=O)OC(C)(C)C)CC1)C(c1ccc2c(c1)COCO2)c1ccc2c(c1)COCO2. The van der Waals surface area contributed by atoms with E-state index in [1.807, 2.05) is 37.8 Å². The third-order valence-corrected chi connectivity index (χ3v) is 7.01. The summed E-state index contributed by atoms with van der Waals surface area (Å²) in [5, 5.41) is 0. The number of nitrogens with zero attached hydrogens (tertiary/aromatic N) is 2. The van der Waals surface area contributed by atoms with Crippen LogP contribution < -0.4 is 9.47 Å². The fourth-order valence-electron chi connectivity index (χ4n) is 5.22. The lowest BCUT2D eigenvalue weighted by molar-refractivity contribution is -0.0164. The van der Waals surface area contributed by atoms with Crippen molar-refractivity contribution in [1.82, 2.24) is 9.80 Å². The van der Waals surface area contributed by atoms with Gasteiger partial charge < -0.3 is 28.6 Å². The molecule has 0 bridgehead atoms. The Morgan fingerprint density at radius 2 is 1.47 bits per heavy atom. The van der Waals surface area contributed by atoms with Crippen LogP contribution in [0.3, 0.4) is 0 Å². The first-order valence-corrected chi connectivity index (χ1v) is 12.6. The van der Waals surface area contributed by atoms with Gasteiger partial charge in [-0.3, -0.25) is 4.90 Å². The zero-order valence-electron chi connectivity index (χ0n) is 21.6. The second kappa shape index (κ2) is 10.3. The molecule has 8 nitrogen and oxygen atoms in total. The second-order valence-corrected chi connectivity index (χ2v) is 10.7. The molecule has 1 fully saturated rings. The van der Waals surface area contributed by atoms with Gasteiger partial charge in [-0.15, -0.1) is 0 Å². The molecule has 0 aliphatic carbocycles. The standard InChI is InChI=1S/C28H36N2O6/c1-28(2,3)36-27(31)30-11-9-23(10-12-30)29(4)26(19-5-7-24-21(13-19)15-32-17-34-24)20-6-8-25-22(14-20)16-33-18-35-25/h5-8,13-14,23,26H,9-12,15-18H2,1-4H3. The highest BCUT2D eigenvalue weighted by Crippen LogP contribution is 2.37. The molecule has 0 atom stereocenters. The minimum atomic E-state index is -0.491. The molecule has 3 aliphatic rings. The van der Waals surface area contributed by atoms with Crippen LogP contribution in [0.15, 0.2) is 36.4 Å². The van der Waals surface area contributed by atoms with Gasteiger partial charge in [-0.1, -0.05) is 12.1 Å². The van der Waals surface area contributed by atoms with Crippen LogP contribution in [0, 0.1) is 0 Å². The summed E-state index contributed by atoms with van der Waals surface area (Å²) in [6.45, 7) is 8.72. The normalized spacial score (nSPS) is 18.3. The first kappa shape index (κ1) is 24.9. The van der Waals surface area contributed by atoms with Crippen LogP contribution in [0.2, 0.25) is 0 Å². The van der Waals surface area contributed by atoms with E-state index in [1.165, 1.54) is 11.1 Å². The van der Waals surface area contributed by atoms with Gasteiger partial charge in [0.25, 0.3) is 0 Å². The van der Waals surface area contributed by atoms with Gasteiger partial charge in [0, 0.05) is 30.3 Å². The molecule has 3 heterocycles. The van der Waals surface area contributed by atoms with E-state index < -0.39 is 5.60 Å². The maximum atomic E-state index is 12.6. The Morgan fingerprint density at radius 1 is 0.944 bits per heavy atom. The molecular weight excluding hydrogens is 460 g/mol. The smallest absolute Gasteiger partial charge is 0.410 e. The molecule has 2 aromatic rings. The summed E-state index contributed by atoms with van der Waals surface area (Å²) in [5.74, 6) is 1.76. The monoisotopic (exact) mass is 496 g/mol. The maximum Gasteiger partial charge on any atom is 0.410 e. The van der Waals surface area contributed by atoms with Gasteiger partial charge >= 0.3 is 6.09 Å². The lowest BCUT2D eigenvalue weighted by atomic mass is 9.91. The zero-order chi connectivity index (χ0) is 25.3. The molecule has 1 amide bonds. The van der Waals surface area contributed by atoms with Gasteiger partial charge in [0.2, 0.25) is 0 Å². The Balaban J connectivity index is 1.40. The highest BCUT2D eigenvalue weighted by atomic mass is 16.7. The molecule has 0 spiro atoms. The Morgan fingerprint density at radius 3 is 1.97 bits per heavy atom. The summed E-state index contributed by atoms with van der Waals surface area (Å²) < 4.78 is 28.0. The molecule has 0 unspecified atom stereocenters. The third-order valence-electron chi connectivity index (χ3n) is 7.01. The molecule has 0 saturated carbocycles. The average Bonchev–Trinajstić information content (AvgIpc) is 2.88. The predicted octanol–water partition coefficient (Wildman–Crippen LogP) is 4.84. The maximum absolute atomic E-state index is 12.6. The Bertz CT molecular complexity index is 1030. The largest absolute Gasteiger partial charge is 0.467 e. The van der Waals surface area contributed by atoms with Crippen LogP contribution in [-0.2, 0) is 27.4 Å². The molecule has 0 radical (unpaired) electrons. The number of fused-ring (bicyclic) bond motifs is 2. The van der Waals surface area contributed by atoms with Gasteiger partial charge in [-0.05, 0) is 76.1 Å². The third kappa shape index (κ3) is 5.45. The van der Waals surface area contributed by atoms with Gasteiger partial charge in [0.05, 0.1) is 19.3 Å². The van der Waals surface area contributed by atoms with Gasteiger partial charge in [0.1, 0.15) is 17.1 Å². The molecule has 8 heteroatoms. The van der Waals surface area contributed by atoms with Gasteiger partial charge in [-0.2, -0.15) is 0 Å². The number of benzene rings is 2. The molecule has 2 aromatic carbocycles. The Hall–Kier alpha value is -2.81. The van der Waals surface area contributed by atoms with E-state index in [4.69, 9.17) is 23.7 Å². The lowest BCUT2D eigenvalue weighted by Crippen LogP contribution is -2.47. The number of hydrogen-bond acceptors (Lipinski definition) is 7. The van der Waals surface area contributed by atoms with Crippen molar-refractivity contribution < 1.29 is 28.5 Å². The van der Waals surface area contributed by atoms with E-state index in [2.05, 4.69) is 36.2 Å². The zero-order valence-corrected chi connectivity index (χ0v) is 21.6. The molecule has 36 heavy (non-hydrogen) atoms. The lowest BCUT2D eigenvalue weighted by Gasteiger charge is -2.41. The molecule has 1 saturated heterocycles. The minimum absolute atomic E-state index is 0.0162. The summed E-state index contributed by atoms with van der Waals surface area (Å²) >= 11 is 0. The quantitative estimate of drug-likeness (QED) is 0.600. The number of amides is 1. The van der Waals surface area contributed by atoms with E-state index in [0.29, 0.717) is 32.3 Å². The fourth-order valence-corrected chi connectivity index (χ4v) is 5.22. The summed E-state index contributed by atoms with van der Waals surface area (Å²) in [4.78, 5) is 16.8. The van der Waals surface area contributed by atoms with E-state index in [9.17, 15) is 4.79 Å². The topological polar surface area (TPSA) is 69.7 Å². The number of carbonyl (C=O) groups is 1. The van der Waals surface area contributed by atoms with Crippen molar-refractivity contribution in [2.45, 2.75) is 64.5 Å². The number of rotatable bonds is 4. The molecule has 194 valence electrons. The van der Waals surface area contributed by atoms with Gasteiger partial charge in [-0.25, -0.2) is 4.79 Å². The Kier molecular flexibility index (Phi) is 7.10. The van der Waals surface area contributed by atoms with Crippen LogP contribution in [0.4, 0.5) is 4.79 Å². The molecule has 3 aliphatic heterocycles. The highest BCUT2D eigenvalue weighted by molar-refractivity contribution is 5.68. The molecule has 5 rings (SSSR count). The van der Waals surface area contributed by atoms with Crippen LogP contribution in [0.25, 0.3) is 0 Å². The van der Waals surface area contributed by atoms with Crippen molar-refractivity contribution >= 4 is 6.09 Å². The van der Waals surface area contributed by atoms with Crippen molar-refractivity contribution in [2.75, 3.05) is 33.7 Å². The Labute approximate surface area is 213 Å². The second-order valence-electron chi connectivity index (χ2n) is 10.7. The van der Waals surface area contributed by atoms with Crippen LogP contribution in [-0.4, -0.2) is 61.3 Å². The first-order valence-electron chi connectivity index (χ1n) is 12.6. The summed E-state index contributed by atoms with van der Waals surface area (Å²) in [5.41, 5.74) is 3.98. The first-order chi connectivity index (χ1) is 17.3. The van der Waals surface area contributed by atoms with Crippen molar-refractivity contribution in [3.63, 3.8) is 0 Å². The summed E-state index contributed by atoms with van der Waals surface area (Å²) in [6.07, 6.45) is 1.52. The van der Waals surface area contributed by atoms with Crippen molar-refractivity contribution in [3.05, 3.63) is 58.7 Å². The highest BCUT2D eigenvalue weighted by Gasteiger charge is 2.33. The number of hydrogen-bond donors (Lipinski definition) is 0. The van der Waals surface area contributed by atoms with Gasteiger partial charge in [0.15, 0.2) is 13.6 Å². The number of piperidine rings is 1. The molecular formula is C28H36N2O6. The summed E-state index contributed by atoms with van der Waals surface area (Å²) in [6, 6.07) is 13.1. The minimum Gasteiger partial charge on any atom is -0.467 e. The number of likely N-dealkylation sites (tertiary alicyclic amines) is 1. The van der Waals surface area contributed by atoms with Crippen LogP contribution in [0.1, 0.15) is 61.9 Å². The number of carbonyl (C=O) groups excluding carboxylic acids is 1. The van der Waals surface area contributed by atoms with E-state index >= 15 is 0 Å². The van der Waals surface area contributed by atoms with E-state index in [0.717, 1.165) is 35.5 Å². The van der Waals surface area contributed by atoms with Crippen LogP contribution in [0.5, 0.6) is 11.5 Å². The average molecular weight is 497 g/mol. The molecule has 0 N–H and O–H groups in total. The summed E-state index contributed by atoms with van der Waals surface area (Å²) in [7, 11) is 2.18. The van der Waals surface area contributed by atoms with E-state index in [1.54, 1.807) is 0 Å².